The zero-order valence-corrected chi connectivity index (χ0v) is 8.85. The molecule has 0 fully saturated rings. The fraction of sp³-hybridized carbons (Fsp3) is 0.167. The Kier molecular flexibility index (Phi) is 4.95. The molecule has 0 aliphatic rings. The van der Waals surface area contributed by atoms with Crippen LogP contribution in [-0.4, -0.2) is 18.7 Å². The van der Waals surface area contributed by atoms with E-state index in [0.717, 1.165) is 5.56 Å². The molecule has 1 rings (SSSR count). The maximum absolute atomic E-state index is 11.2. The Morgan fingerprint density at radius 3 is 2.56 bits per heavy atom. The Bertz CT molecular complexity index is 385. The van der Waals surface area contributed by atoms with Gasteiger partial charge in [-0.1, -0.05) is 30.3 Å². The van der Waals surface area contributed by atoms with Gasteiger partial charge in [-0.05, 0) is 11.6 Å². The van der Waals surface area contributed by atoms with E-state index in [9.17, 15) is 9.59 Å². The number of benzene rings is 1. The second-order valence-corrected chi connectivity index (χ2v) is 3.22. The summed E-state index contributed by atoms with van der Waals surface area (Å²) in [5.74, 6) is -0.253. The van der Waals surface area contributed by atoms with E-state index in [2.05, 4.69) is 5.32 Å². The molecule has 3 N–H and O–H groups in total. The first-order chi connectivity index (χ1) is 7.76. The number of nitrogens with one attached hydrogen (secondary N) is 1. The lowest BCUT2D eigenvalue weighted by Crippen LogP contribution is -2.25. The minimum atomic E-state index is -0.253. The second-order valence-electron chi connectivity index (χ2n) is 3.22. The number of aldehydes is 1. The Morgan fingerprint density at radius 2 is 2.00 bits per heavy atom. The summed E-state index contributed by atoms with van der Waals surface area (Å²) < 4.78 is 0. The van der Waals surface area contributed by atoms with E-state index in [0.29, 0.717) is 6.29 Å². The molecule has 0 radical (unpaired) electrons. The van der Waals surface area contributed by atoms with Crippen LogP contribution in [0.25, 0.3) is 6.08 Å². The summed E-state index contributed by atoms with van der Waals surface area (Å²) in [5.41, 5.74) is 6.33. The van der Waals surface area contributed by atoms with Crippen molar-refractivity contribution in [3.63, 3.8) is 0 Å². The molecule has 0 spiro atoms. The average molecular weight is 218 g/mol. The number of hydrogen-bond donors (Lipinski definition) is 2. The number of amides is 1. The van der Waals surface area contributed by atoms with Crippen molar-refractivity contribution in [2.75, 3.05) is 6.54 Å². The summed E-state index contributed by atoms with van der Waals surface area (Å²) in [6, 6.07) is 9.29. The summed E-state index contributed by atoms with van der Waals surface area (Å²) in [4.78, 5) is 21.9. The lowest BCUT2D eigenvalue weighted by Gasteiger charge is -2.03. The molecule has 0 aromatic heterocycles. The maximum Gasteiger partial charge on any atom is 0.225 e. The summed E-state index contributed by atoms with van der Waals surface area (Å²) in [5, 5.41) is 2.49. The summed E-state index contributed by atoms with van der Waals surface area (Å²) >= 11 is 0. The Labute approximate surface area is 94.1 Å². The van der Waals surface area contributed by atoms with Gasteiger partial charge >= 0.3 is 0 Å². The van der Waals surface area contributed by atoms with Gasteiger partial charge in [-0.2, -0.15) is 0 Å². The number of allylic oxidation sites excluding steroid dienone is 1. The molecule has 4 heteroatoms. The van der Waals surface area contributed by atoms with Crippen molar-refractivity contribution in [1.29, 1.82) is 0 Å². The van der Waals surface area contributed by atoms with E-state index in [1.54, 1.807) is 6.08 Å². The van der Waals surface area contributed by atoms with Gasteiger partial charge in [0, 0.05) is 13.0 Å². The topological polar surface area (TPSA) is 72.2 Å². The van der Waals surface area contributed by atoms with Crippen molar-refractivity contribution in [1.82, 2.24) is 5.32 Å². The maximum atomic E-state index is 11.2. The van der Waals surface area contributed by atoms with Crippen LogP contribution in [0.3, 0.4) is 0 Å². The fourth-order valence-corrected chi connectivity index (χ4v) is 1.18. The minimum Gasteiger partial charge on any atom is -0.330 e. The van der Waals surface area contributed by atoms with E-state index >= 15 is 0 Å². The molecule has 0 unspecified atom stereocenters. The van der Waals surface area contributed by atoms with Gasteiger partial charge in [0.05, 0.1) is 5.70 Å². The van der Waals surface area contributed by atoms with Crippen molar-refractivity contribution < 1.29 is 9.59 Å². The van der Waals surface area contributed by atoms with Gasteiger partial charge in [0.2, 0.25) is 5.91 Å². The van der Waals surface area contributed by atoms with Gasteiger partial charge in [0.15, 0.2) is 6.29 Å². The van der Waals surface area contributed by atoms with Crippen LogP contribution in [0.1, 0.15) is 12.0 Å². The van der Waals surface area contributed by atoms with Gasteiger partial charge in [-0.3, -0.25) is 9.59 Å². The van der Waals surface area contributed by atoms with Crippen LogP contribution in [0, 0.1) is 0 Å². The molecule has 0 saturated carbocycles. The number of rotatable bonds is 5. The highest BCUT2D eigenvalue weighted by Crippen LogP contribution is 2.03. The predicted octanol–water partition coefficient (Wildman–Crippen LogP) is 0.691. The first-order valence-corrected chi connectivity index (χ1v) is 4.98. The quantitative estimate of drug-likeness (QED) is 0.564. The smallest absolute Gasteiger partial charge is 0.225 e. The number of nitrogens with two attached hydrogens (primary N) is 1. The molecule has 1 amide bonds. The van der Waals surface area contributed by atoms with Crippen LogP contribution >= 0.6 is 0 Å². The third-order valence-electron chi connectivity index (χ3n) is 1.90. The Hall–Kier alpha value is -1.94. The highest BCUT2D eigenvalue weighted by atomic mass is 16.2. The second kappa shape index (κ2) is 6.53. The van der Waals surface area contributed by atoms with Gasteiger partial charge in [0.25, 0.3) is 0 Å². The molecule has 0 saturated heterocycles. The molecule has 16 heavy (non-hydrogen) atoms. The van der Waals surface area contributed by atoms with Crippen LogP contribution in [-0.2, 0) is 9.59 Å². The van der Waals surface area contributed by atoms with E-state index in [-0.39, 0.29) is 24.6 Å². The average Bonchev–Trinajstić information content (AvgIpc) is 2.30. The molecule has 0 atom stereocenters. The summed E-state index contributed by atoms with van der Waals surface area (Å²) in [6.45, 7) is 0.267. The third-order valence-corrected chi connectivity index (χ3v) is 1.90. The summed E-state index contributed by atoms with van der Waals surface area (Å²) in [6.07, 6.45) is 2.43. The van der Waals surface area contributed by atoms with Crippen molar-refractivity contribution in [3.05, 3.63) is 41.6 Å². The number of carbonyl (C=O) groups is 2. The van der Waals surface area contributed by atoms with Crippen molar-refractivity contribution in [2.45, 2.75) is 6.42 Å². The van der Waals surface area contributed by atoms with E-state index in [1.165, 1.54) is 0 Å². The normalized spacial score (nSPS) is 10.9. The van der Waals surface area contributed by atoms with Crippen molar-refractivity contribution in [2.24, 2.45) is 5.73 Å². The van der Waals surface area contributed by atoms with Crippen LogP contribution in [0.15, 0.2) is 36.0 Å². The van der Waals surface area contributed by atoms with E-state index < -0.39 is 0 Å². The monoisotopic (exact) mass is 218 g/mol. The molecule has 84 valence electrons. The van der Waals surface area contributed by atoms with Crippen LogP contribution in [0.4, 0.5) is 0 Å². The van der Waals surface area contributed by atoms with Crippen LogP contribution < -0.4 is 11.1 Å². The molecule has 1 aromatic carbocycles. The van der Waals surface area contributed by atoms with Gasteiger partial charge in [-0.15, -0.1) is 0 Å². The Balaban J connectivity index is 2.71. The summed E-state index contributed by atoms with van der Waals surface area (Å²) in [7, 11) is 0. The van der Waals surface area contributed by atoms with E-state index in [4.69, 9.17) is 5.73 Å². The lowest BCUT2D eigenvalue weighted by molar-refractivity contribution is -0.121. The zero-order valence-electron chi connectivity index (χ0n) is 8.85. The number of carbonyl (C=O) groups excluding carboxylic acids is 2. The minimum absolute atomic E-state index is 0.208. The third kappa shape index (κ3) is 4.06. The van der Waals surface area contributed by atoms with Crippen molar-refractivity contribution in [3.8, 4) is 0 Å². The molecular formula is C12H14N2O2. The Morgan fingerprint density at radius 1 is 1.31 bits per heavy atom. The van der Waals surface area contributed by atoms with Crippen LogP contribution in [0.5, 0.6) is 0 Å². The van der Waals surface area contributed by atoms with E-state index in [1.807, 2.05) is 30.3 Å². The molecular weight excluding hydrogens is 204 g/mol. The first-order valence-electron chi connectivity index (χ1n) is 4.98. The van der Waals surface area contributed by atoms with Gasteiger partial charge < -0.3 is 11.1 Å². The fourth-order valence-electron chi connectivity index (χ4n) is 1.18. The van der Waals surface area contributed by atoms with Crippen molar-refractivity contribution >= 4 is 18.3 Å². The predicted molar refractivity (Wildman–Crippen MR) is 62.3 cm³/mol. The zero-order chi connectivity index (χ0) is 11.8. The molecule has 4 nitrogen and oxygen atoms in total. The largest absolute Gasteiger partial charge is 0.330 e. The highest BCUT2D eigenvalue weighted by molar-refractivity contribution is 5.89. The lowest BCUT2D eigenvalue weighted by atomic mass is 10.2. The molecule has 0 bridgehead atoms. The standard InChI is InChI=1S/C12H14N2O2/c13-7-6-12(16)14-11(9-15)8-10-4-2-1-3-5-10/h1-5,8-9H,6-7,13H2,(H,14,16). The SMILES string of the molecule is NCCC(=O)NC(C=O)=Cc1ccccc1. The first kappa shape index (κ1) is 12.1. The van der Waals surface area contributed by atoms with Gasteiger partial charge in [-0.25, -0.2) is 0 Å². The van der Waals surface area contributed by atoms with Gasteiger partial charge in [0.1, 0.15) is 0 Å². The number of hydrogen-bond acceptors (Lipinski definition) is 3. The highest BCUT2D eigenvalue weighted by Gasteiger charge is 2.02. The molecule has 0 aliphatic heterocycles. The molecule has 0 aliphatic carbocycles. The van der Waals surface area contributed by atoms with Crippen LogP contribution in [0.2, 0.25) is 0 Å². The molecule has 1 aromatic rings. The molecule has 0 heterocycles.